The second-order valence-corrected chi connectivity index (χ2v) is 18.4. The largest absolute Gasteiger partial charge is 0.489 e. The fourth-order valence-corrected chi connectivity index (χ4v) is 9.91. The van der Waals surface area contributed by atoms with Crippen LogP contribution in [0.1, 0.15) is 112 Å². The van der Waals surface area contributed by atoms with Gasteiger partial charge in [0, 0.05) is 45.1 Å². The van der Waals surface area contributed by atoms with E-state index in [1.54, 1.807) is 39.0 Å². The first-order valence-corrected chi connectivity index (χ1v) is 22.6. The average Bonchev–Trinajstić information content (AvgIpc) is 3.26. The molecule has 0 spiro atoms. The summed E-state index contributed by atoms with van der Waals surface area (Å²) in [6.45, 7) is 10.8. The van der Waals surface area contributed by atoms with Crippen LogP contribution in [0.5, 0.6) is 5.75 Å². The molecule has 1 amide bonds. The maximum atomic E-state index is 16.3. The van der Waals surface area contributed by atoms with Gasteiger partial charge in [-0.1, -0.05) is 39.8 Å². The first-order valence-electron chi connectivity index (χ1n) is 22.6. The van der Waals surface area contributed by atoms with Crippen LogP contribution in [0.3, 0.4) is 0 Å². The number of cyclic esters (lactones) is 1. The molecule has 0 aromatic heterocycles. The van der Waals surface area contributed by atoms with Gasteiger partial charge in [0.1, 0.15) is 47.9 Å². The number of nitrogens with two attached hydrogens (primary N) is 1. The predicted octanol–water partition coefficient (Wildman–Crippen LogP) is 6.99. The SMILES string of the molecule is CCC1/C=C(\C)C(F)C(C)CC(OC)C2OC(O)(C(=O)C(=O)N3CCCCC3C(=O)OC(C(C)=CC3CCC(N)C(Oc4ccc(F)cc4)C3)C(C)CCC1=O)C(C)CC2OC. The number of ketones is 2. The molecule has 14 heteroatoms. The van der Waals surface area contributed by atoms with Gasteiger partial charge in [-0.2, -0.15) is 0 Å². The molecule has 1 aromatic carbocycles. The van der Waals surface area contributed by atoms with Crippen molar-refractivity contribution in [3.63, 3.8) is 0 Å². The third-order valence-electron chi connectivity index (χ3n) is 13.9. The first kappa shape index (κ1) is 49.5. The van der Waals surface area contributed by atoms with Crippen LogP contribution in [0.25, 0.3) is 0 Å². The fraction of sp³-hybridized carbons (Fsp3) is 0.708. The van der Waals surface area contributed by atoms with Crippen LogP contribution in [-0.4, -0.2) is 109 Å². The monoisotopic (exact) mass is 872 g/mol. The molecule has 1 aromatic rings. The maximum Gasteiger partial charge on any atom is 0.329 e. The van der Waals surface area contributed by atoms with Crippen LogP contribution in [0.2, 0.25) is 0 Å². The Morgan fingerprint density at radius 3 is 2.29 bits per heavy atom. The molecule has 3 N–H and O–H groups in total. The van der Waals surface area contributed by atoms with E-state index in [4.69, 9.17) is 29.4 Å². The zero-order chi connectivity index (χ0) is 45.5. The number of allylic oxidation sites excluding steroid dienone is 3. The molecule has 2 saturated heterocycles. The summed E-state index contributed by atoms with van der Waals surface area (Å²) in [4.78, 5) is 58.0. The summed E-state index contributed by atoms with van der Waals surface area (Å²) in [7, 11) is 2.91. The van der Waals surface area contributed by atoms with Crippen LogP contribution >= 0.6 is 0 Å². The number of fused-ring (bicyclic) bond motifs is 3. The third kappa shape index (κ3) is 11.6. The Hall–Kier alpha value is -3.56. The molecule has 14 unspecified atom stereocenters. The molecule has 1 aliphatic carbocycles. The minimum atomic E-state index is -2.59. The minimum Gasteiger partial charge on any atom is -0.489 e. The Bertz CT molecular complexity index is 1770. The standard InChI is InChI=1S/C48H70F2N2O10/c1-9-33-23-28(3)42(50)29(4)24-40(58-7)44-41(59-8)25-31(6)48(57,62-44)45(54)46(55)52-21-11-10-12-37(52)47(56)61-43(27(2)13-20-38(33)53)30(5)22-32-14-19-36(51)39(26-32)60-35-17-15-34(49)16-18-35/h15-18,22-23,27,29,31-33,36-37,39-44,57H,9-14,19-21,24-26,51H2,1-8H3/b28-23+,30-22?. The lowest BCUT2D eigenvalue weighted by atomic mass is 9.81. The summed E-state index contributed by atoms with van der Waals surface area (Å²) in [5, 5.41) is 12.1. The highest BCUT2D eigenvalue weighted by atomic mass is 19.1. The highest BCUT2D eigenvalue weighted by molar-refractivity contribution is 6.39. The molecule has 4 aliphatic rings. The van der Waals surface area contributed by atoms with Gasteiger partial charge in [0.15, 0.2) is 0 Å². The molecular weight excluding hydrogens is 803 g/mol. The summed E-state index contributed by atoms with van der Waals surface area (Å²) in [5.74, 6) is -7.87. The topological polar surface area (TPSA) is 164 Å². The number of hydrogen-bond donors (Lipinski definition) is 2. The number of hydrogen-bond acceptors (Lipinski definition) is 11. The number of rotatable bonds is 7. The molecule has 5 rings (SSSR count). The molecule has 12 nitrogen and oxygen atoms in total. The maximum absolute atomic E-state index is 16.3. The summed E-state index contributed by atoms with van der Waals surface area (Å²) >= 11 is 0. The molecule has 3 heterocycles. The summed E-state index contributed by atoms with van der Waals surface area (Å²) in [6.07, 6.45) is 3.20. The van der Waals surface area contributed by atoms with Gasteiger partial charge in [0.25, 0.3) is 11.7 Å². The van der Waals surface area contributed by atoms with Crippen LogP contribution < -0.4 is 10.5 Å². The molecule has 62 heavy (non-hydrogen) atoms. The number of benzene rings is 1. The van der Waals surface area contributed by atoms with Crippen molar-refractivity contribution in [1.82, 2.24) is 4.90 Å². The summed E-state index contributed by atoms with van der Waals surface area (Å²) < 4.78 is 60.2. The van der Waals surface area contributed by atoms with Gasteiger partial charge < -0.3 is 39.4 Å². The Kier molecular flexibility index (Phi) is 17.5. The first-order chi connectivity index (χ1) is 29.4. The lowest BCUT2D eigenvalue weighted by Crippen LogP contribution is -2.64. The van der Waals surface area contributed by atoms with E-state index in [0.717, 1.165) is 12.0 Å². The number of methoxy groups -OCH3 is 2. The van der Waals surface area contributed by atoms with Crippen LogP contribution in [-0.2, 0) is 38.1 Å². The normalized spacial score (nSPS) is 38.6. The van der Waals surface area contributed by atoms with E-state index in [1.165, 1.54) is 31.3 Å². The molecule has 3 fully saturated rings. The number of Topliss-reactive ketones (excluding diaryl/α,β-unsaturated/α-hetero) is 2. The second kappa shape index (κ2) is 21.9. The molecule has 346 valence electrons. The third-order valence-corrected chi connectivity index (χ3v) is 13.9. The number of nitrogens with zero attached hydrogens (tertiary/aromatic N) is 1. The second-order valence-electron chi connectivity index (χ2n) is 18.4. The van der Waals surface area contributed by atoms with E-state index >= 15 is 4.39 Å². The Morgan fingerprint density at radius 2 is 1.63 bits per heavy atom. The van der Waals surface area contributed by atoms with Gasteiger partial charge >= 0.3 is 5.97 Å². The summed E-state index contributed by atoms with van der Waals surface area (Å²) in [6, 6.07) is 4.45. The van der Waals surface area contributed by atoms with Crippen molar-refractivity contribution in [2.45, 2.75) is 167 Å². The molecule has 14 atom stereocenters. The van der Waals surface area contributed by atoms with Gasteiger partial charge in [0.2, 0.25) is 5.79 Å². The van der Waals surface area contributed by atoms with Crippen LogP contribution in [0, 0.1) is 35.4 Å². The highest BCUT2D eigenvalue weighted by Gasteiger charge is 2.56. The van der Waals surface area contributed by atoms with Crippen molar-refractivity contribution in [2.75, 3.05) is 20.8 Å². The van der Waals surface area contributed by atoms with Crippen LogP contribution in [0.15, 0.2) is 47.6 Å². The lowest BCUT2D eigenvalue weighted by molar-refractivity contribution is -0.302. The molecule has 0 radical (unpaired) electrons. The van der Waals surface area contributed by atoms with E-state index in [-0.39, 0.29) is 67.8 Å². The number of alkyl halides is 1. The number of amides is 1. The van der Waals surface area contributed by atoms with Crippen molar-refractivity contribution < 1.29 is 56.7 Å². The van der Waals surface area contributed by atoms with Crippen LogP contribution in [0.4, 0.5) is 8.78 Å². The Balaban J connectivity index is 1.49. The molecule has 2 bridgehead atoms. The van der Waals surface area contributed by atoms with E-state index in [1.807, 2.05) is 20.8 Å². The van der Waals surface area contributed by atoms with E-state index in [2.05, 4.69) is 6.08 Å². The van der Waals surface area contributed by atoms with Gasteiger partial charge in [-0.15, -0.1) is 0 Å². The number of aliphatic hydroxyl groups is 1. The van der Waals surface area contributed by atoms with Gasteiger partial charge in [0.05, 0.1) is 12.2 Å². The average molecular weight is 873 g/mol. The van der Waals surface area contributed by atoms with Crippen molar-refractivity contribution in [2.24, 2.45) is 35.3 Å². The number of carbonyl (C=O) groups is 4. The van der Waals surface area contributed by atoms with Gasteiger partial charge in [-0.05, 0) is 131 Å². The Morgan fingerprint density at radius 1 is 0.952 bits per heavy atom. The van der Waals surface area contributed by atoms with E-state index < -0.39 is 77.8 Å². The lowest BCUT2D eigenvalue weighted by Gasteiger charge is -2.47. The van der Waals surface area contributed by atoms with Crippen molar-refractivity contribution in [3.05, 3.63) is 53.4 Å². The minimum absolute atomic E-state index is 0.00520. The quantitative estimate of drug-likeness (QED) is 0.165. The summed E-state index contributed by atoms with van der Waals surface area (Å²) in [5.41, 5.74) is 7.65. The van der Waals surface area contributed by atoms with Gasteiger partial charge in [-0.3, -0.25) is 14.4 Å². The molecule has 3 aliphatic heterocycles. The number of carbonyl (C=O) groups excluding carboxylic acids is 4. The predicted molar refractivity (Wildman–Crippen MR) is 229 cm³/mol. The number of halogens is 2. The zero-order valence-corrected chi connectivity index (χ0v) is 37.9. The number of ether oxygens (including phenoxy) is 5. The smallest absolute Gasteiger partial charge is 0.329 e. The van der Waals surface area contributed by atoms with Gasteiger partial charge in [-0.25, -0.2) is 13.6 Å². The van der Waals surface area contributed by atoms with E-state index in [0.29, 0.717) is 49.8 Å². The molecule has 1 saturated carbocycles. The Labute approximate surface area is 366 Å². The number of esters is 1. The fourth-order valence-electron chi connectivity index (χ4n) is 9.91. The van der Waals surface area contributed by atoms with Crippen molar-refractivity contribution in [1.29, 1.82) is 0 Å². The zero-order valence-electron chi connectivity index (χ0n) is 37.9. The van der Waals surface area contributed by atoms with E-state index in [9.17, 15) is 28.7 Å². The number of piperidine rings is 1. The van der Waals surface area contributed by atoms with Crippen molar-refractivity contribution in [3.8, 4) is 5.75 Å². The molecular formula is C48H70F2N2O10. The van der Waals surface area contributed by atoms with Crippen molar-refractivity contribution >= 4 is 23.4 Å². The highest BCUT2D eigenvalue weighted by Crippen LogP contribution is 2.39.